The second-order valence-electron chi connectivity index (χ2n) is 4.67. The third-order valence-electron chi connectivity index (χ3n) is 3.17. The van der Waals surface area contributed by atoms with Crippen molar-refractivity contribution in [1.82, 2.24) is 5.32 Å². The predicted molar refractivity (Wildman–Crippen MR) is 91.1 cm³/mol. The SMILES string of the molecule is Cc1cccc(NC(=S)NC(=O)c2cccc(Cl)c2)c1C. The summed E-state index contributed by atoms with van der Waals surface area (Å²) in [5, 5.41) is 6.44. The van der Waals surface area contributed by atoms with Crippen molar-refractivity contribution >= 4 is 40.5 Å². The Balaban J connectivity index is 2.05. The van der Waals surface area contributed by atoms with Crippen LogP contribution in [0.15, 0.2) is 42.5 Å². The quantitative estimate of drug-likeness (QED) is 0.820. The normalized spacial score (nSPS) is 10.0. The molecule has 0 unspecified atom stereocenters. The molecule has 0 fully saturated rings. The number of anilines is 1. The molecule has 2 rings (SSSR count). The van der Waals surface area contributed by atoms with Gasteiger partial charge in [-0.25, -0.2) is 0 Å². The molecule has 0 aliphatic carbocycles. The number of hydrogen-bond donors (Lipinski definition) is 2. The average Bonchev–Trinajstić information content (AvgIpc) is 2.44. The van der Waals surface area contributed by atoms with E-state index in [1.54, 1.807) is 24.3 Å². The lowest BCUT2D eigenvalue weighted by molar-refractivity contribution is 0.0977. The maximum absolute atomic E-state index is 12.1. The van der Waals surface area contributed by atoms with Gasteiger partial charge in [-0.2, -0.15) is 0 Å². The van der Waals surface area contributed by atoms with Crippen molar-refractivity contribution in [2.24, 2.45) is 0 Å². The molecule has 0 atom stereocenters. The minimum Gasteiger partial charge on any atom is -0.332 e. The van der Waals surface area contributed by atoms with Crippen LogP contribution in [-0.4, -0.2) is 11.0 Å². The van der Waals surface area contributed by atoms with Crippen LogP contribution in [0.2, 0.25) is 5.02 Å². The molecule has 0 bridgehead atoms. The Morgan fingerprint density at radius 1 is 1.14 bits per heavy atom. The summed E-state index contributed by atoms with van der Waals surface area (Å²) in [5.74, 6) is -0.291. The highest BCUT2D eigenvalue weighted by molar-refractivity contribution is 7.80. The minimum absolute atomic E-state index is 0.258. The van der Waals surface area contributed by atoms with Crippen molar-refractivity contribution in [2.75, 3.05) is 5.32 Å². The monoisotopic (exact) mass is 318 g/mol. The van der Waals surface area contributed by atoms with Crippen LogP contribution in [0.4, 0.5) is 5.69 Å². The number of rotatable bonds is 2. The molecule has 1 amide bonds. The Labute approximate surface area is 134 Å². The lowest BCUT2D eigenvalue weighted by Crippen LogP contribution is -2.34. The van der Waals surface area contributed by atoms with Gasteiger partial charge in [0, 0.05) is 16.3 Å². The van der Waals surface area contributed by atoms with Crippen LogP contribution in [-0.2, 0) is 0 Å². The lowest BCUT2D eigenvalue weighted by Gasteiger charge is -2.13. The summed E-state index contributed by atoms with van der Waals surface area (Å²) in [4.78, 5) is 12.1. The smallest absolute Gasteiger partial charge is 0.257 e. The molecule has 2 N–H and O–H groups in total. The van der Waals surface area contributed by atoms with Gasteiger partial charge in [-0.15, -0.1) is 0 Å². The summed E-state index contributed by atoms with van der Waals surface area (Å²) in [6, 6.07) is 12.6. The van der Waals surface area contributed by atoms with Crippen LogP contribution in [0.1, 0.15) is 21.5 Å². The molecule has 0 aliphatic heterocycles. The molecule has 0 heterocycles. The molecule has 0 radical (unpaired) electrons. The average molecular weight is 319 g/mol. The van der Waals surface area contributed by atoms with E-state index < -0.39 is 0 Å². The molecule has 21 heavy (non-hydrogen) atoms. The first-order chi connectivity index (χ1) is 9.97. The number of aryl methyl sites for hydroxylation is 1. The van der Waals surface area contributed by atoms with Crippen LogP contribution in [0.25, 0.3) is 0 Å². The highest BCUT2D eigenvalue weighted by Gasteiger charge is 2.09. The molecule has 2 aromatic carbocycles. The largest absolute Gasteiger partial charge is 0.332 e. The number of hydrogen-bond acceptors (Lipinski definition) is 2. The van der Waals surface area contributed by atoms with E-state index in [0.29, 0.717) is 10.6 Å². The van der Waals surface area contributed by atoms with Crippen molar-refractivity contribution in [3.05, 3.63) is 64.2 Å². The van der Waals surface area contributed by atoms with E-state index in [4.69, 9.17) is 23.8 Å². The van der Waals surface area contributed by atoms with Crippen molar-refractivity contribution in [1.29, 1.82) is 0 Å². The molecule has 3 nitrogen and oxygen atoms in total. The fourth-order valence-electron chi connectivity index (χ4n) is 1.85. The van der Waals surface area contributed by atoms with E-state index in [0.717, 1.165) is 16.8 Å². The molecule has 5 heteroatoms. The van der Waals surface area contributed by atoms with E-state index in [2.05, 4.69) is 10.6 Å². The summed E-state index contributed by atoms with van der Waals surface area (Å²) in [6.07, 6.45) is 0. The minimum atomic E-state index is -0.291. The first kappa shape index (κ1) is 15.5. The zero-order valence-electron chi connectivity index (χ0n) is 11.7. The zero-order chi connectivity index (χ0) is 15.4. The summed E-state index contributed by atoms with van der Waals surface area (Å²) < 4.78 is 0. The van der Waals surface area contributed by atoms with E-state index in [1.165, 1.54) is 0 Å². The van der Waals surface area contributed by atoms with Gasteiger partial charge in [0.1, 0.15) is 0 Å². The number of halogens is 1. The predicted octanol–water partition coefficient (Wildman–Crippen LogP) is 4.08. The number of carbonyl (C=O) groups is 1. The molecule has 0 saturated carbocycles. The van der Waals surface area contributed by atoms with E-state index in [1.807, 2.05) is 32.0 Å². The highest BCUT2D eigenvalue weighted by Crippen LogP contribution is 2.17. The molecular formula is C16H15ClN2OS. The molecule has 0 spiro atoms. The molecule has 2 aromatic rings. The van der Waals surface area contributed by atoms with E-state index in [9.17, 15) is 4.79 Å². The van der Waals surface area contributed by atoms with Gasteiger partial charge in [-0.1, -0.05) is 29.8 Å². The van der Waals surface area contributed by atoms with Crippen LogP contribution in [0, 0.1) is 13.8 Å². The van der Waals surface area contributed by atoms with Gasteiger partial charge in [0.25, 0.3) is 5.91 Å². The van der Waals surface area contributed by atoms with Crippen molar-refractivity contribution < 1.29 is 4.79 Å². The maximum atomic E-state index is 12.1. The van der Waals surface area contributed by atoms with E-state index >= 15 is 0 Å². The molecule has 0 saturated heterocycles. The fourth-order valence-corrected chi connectivity index (χ4v) is 2.24. The Kier molecular flexibility index (Phi) is 4.94. The van der Waals surface area contributed by atoms with Gasteiger partial charge in [0.05, 0.1) is 0 Å². The first-order valence-electron chi connectivity index (χ1n) is 6.41. The lowest BCUT2D eigenvalue weighted by atomic mass is 10.1. The summed E-state index contributed by atoms with van der Waals surface area (Å²) in [7, 11) is 0. The number of benzene rings is 2. The van der Waals surface area contributed by atoms with Crippen LogP contribution < -0.4 is 10.6 Å². The molecule has 0 aliphatic rings. The summed E-state index contributed by atoms with van der Waals surface area (Å²) >= 11 is 11.0. The standard InChI is InChI=1S/C16H15ClN2OS/c1-10-5-3-8-14(11(10)2)18-16(21)19-15(20)12-6-4-7-13(17)9-12/h3-9H,1-2H3,(H2,18,19,20,21). The van der Waals surface area contributed by atoms with E-state index in [-0.39, 0.29) is 11.0 Å². The Morgan fingerprint density at radius 2 is 1.86 bits per heavy atom. The molecular weight excluding hydrogens is 304 g/mol. The van der Waals surface area contributed by atoms with Gasteiger partial charge < -0.3 is 5.32 Å². The third-order valence-corrected chi connectivity index (χ3v) is 3.61. The second-order valence-corrected chi connectivity index (χ2v) is 5.51. The van der Waals surface area contributed by atoms with Crippen LogP contribution in [0.5, 0.6) is 0 Å². The third kappa shape index (κ3) is 4.03. The Bertz CT molecular complexity index is 700. The maximum Gasteiger partial charge on any atom is 0.257 e. The molecule has 0 aromatic heterocycles. The van der Waals surface area contributed by atoms with Gasteiger partial charge in [-0.05, 0) is 61.5 Å². The zero-order valence-corrected chi connectivity index (χ0v) is 13.3. The van der Waals surface area contributed by atoms with Crippen molar-refractivity contribution in [3.63, 3.8) is 0 Å². The number of nitrogens with one attached hydrogen (secondary N) is 2. The van der Waals surface area contributed by atoms with Crippen molar-refractivity contribution in [2.45, 2.75) is 13.8 Å². The summed E-state index contributed by atoms with van der Waals surface area (Å²) in [5.41, 5.74) is 3.60. The number of thiocarbonyl (C=S) groups is 1. The number of amides is 1. The van der Waals surface area contributed by atoms with Gasteiger partial charge in [0.15, 0.2) is 5.11 Å². The Morgan fingerprint density at radius 3 is 2.57 bits per heavy atom. The van der Waals surface area contributed by atoms with Gasteiger partial charge >= 0.3 is 0 Å². The Hall–Kier alpha value is -1.91. The number of carbonyl (C=O) groups excluding carboxylic acids is 1. The van der Waals surface area contributed by atoms with Crippen LogP contribution in [0.3, 0.4) is 0 Å². The van der Waals surface area contributed by atoms with Gasteiger partial charge in [0.2, 0.25) is 0 Å². The second kappa shape index (κ2) is 6.70. The first-order valence-corrected chi connectivity index (χ1v) is 7.20. The topological polar surface area (TPSA) is 41.1 Å². The molecule has 108 valence electrons. The van der Waals surface area contributed by atoms with Gasteiger partial charge in [-0.3, -0.25) is 10.1 Å². The highest BCUT2D eigenvalue weighted by atomic mass is 35.5. The fraction of sp³-hybridized carbons (Fsp3) is 0.125. The van der Waals surface area contributed by atoms with Crippen molar-refractivity contribution in [3.8, 4) is 0 Å². The summed E-state index contributed by atoms with van der Waals surface area (Å²) in [6.45, 7) is 4.02. The van der Waals surface area contributed by atoms with Crippen LogP contribution >= 0.6 is 23.8 Å².